The fourth-order valence-electron chi connectivity index (χ4n) is 1.87. The van der Waals surface area contributed by atoms with E-state index >= 15 is 0 Å². The number of nitrogens with zero attached hydrogens (tertiary/aromatic N) is 1. The Labute approximate surface area is 119 Å². The Morgan fingerprint density at radius 3 is 1.65 bits per heavy atom. The van der Waals surface area contributed by atoms with Crippen LogP contribution in [0.1, 0.15) is 11.1 Å². The number of hydrogen-bond donors (Lipinski definition) is 2. The third kappa shape index (κ3) is 4.20. The van der Waals surface area contributed by atoms with Crippen LogP contribution in [0.3, 0.4) is 0 Å². The summed E-state index contributed by atoms with van der Waals surface area (Å²) < 4.78 is 0. The minimum atomic E-state index is -1.04. The van der Waals surface area contributed by atoms with Crippen molar-refractivity contribution in [3.8, 4) is 6.07 Å². The van der Waals surface area contributed by atoms with Crippen LogP contribution in [-0.2, 0) is 6.42 Å². The molecule has 0 saturated carbocycles. The van der Waals surface area contributed by atoms with E-state index in [9.17, 15) is 0 Å². The van der Waals surface area contributed by atoms with Gasteiger partial charge in [-0.1, -0.05) is 60.7 Å². The minimum Gasteiger partial charge on any atom is -0.373 e. The van der Waals surface area contributed by atoms with Crippen molar-refractivity contribution in [2.75, 3.05) is 13.1 Å². The van der Waals surface area contributed by atoms with Gasteiger partial charge < -0.3 is 10.4 Å². The maximum atomic E-state index is 8.80. The third-order valence-corrected chi connectivity index (χ3v) is 3.14. The molecule has 0 aromatic heterocycles. The van der Waals surface area contributed by atoms with Crippen LogP contribution in [0.2, 0.25) is 0 Å². The van der Waals surface area contributed by atoms with Crippen LogP contribution in [0.25, 0.3) is 0 Å². The molecule has 0 unspecified atom stereocenters. The van der Waals surface area contributed by atoms with Crippen molar-refractivity contribution in [1.82, 2.24) is 5.32 Å². The monoisotopic (exact) mass is 266 g/mol. The SMILES string of the molecule is N#CC1(O)CNC1.c1ccc(Cc2ccccc2)cc1. The van der Waals surface area contributed by atoms with E-state index in [0.29, 0.717) is 13.1 Å². The van der Waals surface area contributed by atoms with Crippen molar-refractivity contribution in [2.45, 2.75) is 12.0 Å². The Bertz CT molecular complexity index is 519. The van der Waals surface area contributed by atoms with Gasteiger partial charge in [-0.15, -0.1) is 0 Å². The van der Waals surface area contributed by atoms with Crippen molar-refractivity contribution in [2.24, 2.45) is 0 Å². The molecule has 0 amide bonds. The van der Waals surface area contributed by atoms with E-state index in [4.69, 9.17) is 10.4 Å². The molecule has 2 N–H and O–H groups in total. The van der Waals surface area contributed by atoms with Crippen LogP contribution in [0.4, 0.5) is 0 Å². The van der Waals surface area contributed by atoms with E-state index in [2.05, 4.69) is 66.0 Å². The van der Waals surface area contributed by atoms with Crippen LogP contribution in [0.15, 0.2) is 60.7 Å². The maximum Gasteiger partial charge on any atom is 0.175 e. The van der Waals surface area contributed by atoms with Crippen molar-refractivity contribution >= 4 is 0 Å². The third-order valence-electron chi connectivity index (χ3n) is 3.14. The zero-order valence-electron chi connectivity index (χ0n) is 11.3. The first kappa shape index (κ1) is 14.3. The number of aliphatic hydroxyl groups is 1. The highest BCUT2D eigenvalue weighted by Gasteiger charge is 2.33. The van der Waals surface area contributed by atoms with E-state index in [1.807, 2.05) is 0 Å². The van der Waals surface area contributed by atoms with Gasteiger partial charge in [0.25, 0.3) is 0 Å². The number of β-amino-alcohol motifs (C(OH)–C–C–N with tert-alkyl or cyclic N) is 1. The van der Waals surface area contributed by atoms with E-state index < -0.39 is 5.60 Å². The molecule has 1 aliphatic rings. The molecule has 3 rings (SSSR count). The van der Waals surface area contributed by atoms with Gasteiger partial charge in [-0.25, -0.2) is 0 Å². The van der Waals surface area contributed by atoms with Crippen molar-refractivity contribution < 1.29 is 5.11 Å². The molecule has 0 radical (unpaired) electrons. The first-order chi connectivity index (χ1) is 9.72. The summed E-state index contributed by atoms with van der Waals surface area (Å²) in [5.41, 5.74) is 1.70. The Morgan fingerprint density at radius 2 is 1.40 bits per heavy atom. The number of nitrogens with one attached hydrogen (secondary N) is 1. The van der Waals surface area contributed by atoms with Crippen molar-refractivity contribution in [1.29, 1.82) is 5.26 Å². The van der Waals surface area contributed by atoms with E-state index in [0.717, 1.165) is 6.42 Å². The van der Waals surface area contributed by atoms with Gasteiger partial charge in [-0.3, -0.25) is 0 Å². The second-order valence-electron chi connectivity index (χ2n) is 4.89. The number of nitriles is 1. The average molecular weight is 266 g/mol. The molecule has 0 bridgehead atoms. The number of rotatable bonds is 2. The van der Waals surface area contributed by atoms with Gasteiger partial charge in [0.1, 0.15) is 6.07 Å². The molecule has 1 aliphatic heterocycles. The molecular formula is C17H18N2O. The zero-order chi connectivity index (χ0) is 14.3. The van der Waals surface area contributed by atoms with Crippen LogP contribution < -0.4 is 5.32 Å². The van der Waals surface area contributed by atoms with Gasteiger partial charge in [0.2, 0.25) is 0 Å². The van der Waals surface area contributed by atoms with Crippen molar-refractivity contribution in [3.05, 3.63) is 71.8 Å². The van der Waals surface area contributed by atoms with Crippen molar-refractivity contribution in [3.63, 3.8) is 0 Å². The number of benzene rings is 2. The lowest BCUT2D eigenvalue weighted by atomic mass is 10.0. The van der Waals surface area contributed by atoms with Crippen LogP contribution in [-0.4, -0.2) is 23.8 Å². The molecule has 102 valence electrons. The highest BCUT2D eigenvalue weighted by molar-refractivity contribution is 5.25. The summed E-state index contributed by atoms with van der Waals surface area (Å²) in [7, 11) is 0. The predicted molar refractivity (Wildman–Crippen MR) is 79.1 cm³/mol. The van der Waals surface area contributed by atoms with Gasteiger partial charge in [-0.05, 0) is 17.5 Å². The first-order valence-corrected chi connectivity index (χ1v) is 6.64. The van der Waals surface area contributed by atoms with E-state index in [1.165, 1.54) is 11.1 Å². The molecule has 1 fully saturated rings. The van der Waals surface area contributed by atoms with E-state index in [-0.39, 0.29) is 0 Å². The summed E-state index contributed by atoms with van der Waals surface area (Å²) in [6.45, 7) is 0.840. The van der Waals surface area contributed by atoms with Gasteiger partial charge in [0, 0.05) is 13.1 Å². The lowest BCUT2D eigenvalue weighted by Crippen LogP contribution is -2.58. The normalized spacial score (nSPS) is 15.2. The zero-order valence-corrected chi connectivity index (χ0v) is 11.3. The summed E-state index contributed by atoms with van der Waals surface area (Å²) in [6, 6.07) is 22.8. The Kier molecular flexibility index (Phi) is 4.89. The van der Waals surface area contributed by atoms with E-state index in [1.54, 1.807) is 6.07 Å². The highest BCUT2D eigenvalue weighted by atomic mass is 16.3. The molecule has 0 spiro atoms. The molecule has 1 saturated heterocycles. The standard InChI is InChI=1S/C13H12.C4H6N2O/c1-3-7-12(8-4-1)11-13-9-5-2-6-10-13;5-1-4(7)2-6-3-4/h1-10H,11H2;6-7H,2-3H2. The minimum absolute atomic E-state index is 0.420. The summed E-state index contributed by atoms with van der Waals surface area (Å²) in [5, 5.41) is 19.7. The molecule has 0 aliphatic carbocycles. The molecule has 20 heavy (non-hydrogen) atoms. The summed E-state index contributed by atoms with van der Waals surface area (Å²) in [4.78, 5) is 0. The predicted octanol–water partition coefficient (Wildman–Crippen LogP) is 2.12. The molecule has 0 atom stereocenters. The highest BCUT2D eigenvalue weighted by Crippen LogP contribution is 2.08. The van der Waals surface area contributed by atoms with Gasteiger partial charge in [-0.2, -0.15) is 5.26 Å². The first-order valence-electron chi connectivity index (χ1n) is 6.64. The Morgan fingerprint density at radius 1 is 0.950 bits per heavy atom. The number of hydrogen-bond acceptors (Lipinski definition) is 3. The van der Waals surface area contributed by atoms with Gasteiger partial charge >= 0.3 is 0 Å². The Balaban J connectivity index is 0.000000178. The smallest absolute Gasteiger partial charge is 0.175 e. The topological polar surface area (TPSA) is 56.0 Å². The molecule has 2 aromatic carbocycles. The lowest BCUT2D eigenvalue weighted by molar-refractivity contribution is 0.0452. The molecule has 2 aromatic rings. The summed E-state index contributed by atoms with van der Waals surface area (Å²) >= 11 is 0. The van der Waals surface area contributed by atoms with Crippen LogP contribution in [0, 0.1) is 11.3 Å². The second-order valence-corrected chi connectivity index (χ2v) is 4.89. The largest absolute Gasteiger partial charge is 0.373 e. The Hall–Kier alpha value is -2.15. The van der Waals surface area contributed by atoms with Gasteiger partial charge in [0.15, 0.2) is 5.60 Å². The second kappa shape index (κ2) is 6.85. The molecular weight excluding hydrogens is 248 g/mol. The maximum absolute atomic E-state index is 8.80. The fourth-order valence-corrected chi connectivity index (χ4v) is 1.87. The van der Waals surface area contributed by atoms with Crippen LogP contribution in [0.5, 0.6) is 0 Å². The molecule has 3 heteroatoms. The summed E-state index contributed by atoms with van der Waals surface area (Å²) in [5.74, 6) is 0. The quantitative estimate of drug-likeness (QED) is 0.819. The van der Waals surface area contributed by atoms with Crippen LogP contribution >= 0.6 is 0 Å². The lowest BCUT2D eigenvalue weighted by Gasteiger charge is -2.29. The van der Waals surface area contributed by atoms with Gasteiger partial charge in [0.05, 0.1) is 0 Å². The average Bonchev–Trinajstić information content (AvgIpc) is 2.48. The molecule has 3 nitrogen and oxygen atoms in total. The fraction of sp³-hybridized carbons (Fsp3) is 0.235. The summed E-state index contributed by atoms with van der Waals surface area (Å²) in [6.07, 6.45) is 1.03. The molecule has 1 heterocycles.